The Kier molecular flexibility index (Phi) is 6.76. The summed E-state index contributed by atoms with van der Waals surface area (Å²) in [6, 6.07) is 29.3. The third kappa shape index (κ3) is 5.13. The number of hydrogen-bond donors (Lipinski definition) is 1. The molecule has 0 aromatic heterocycles. The highest BCUT2D eigenvalue weighted by atomic mass is 16.5. The van der Waals surface area contributed by atoms with Gasteiger partial charge in [0, 0.05) is 29.9 Å². The van der Waals surface area contributed by atoms with Crippen molar-refractivity contribution in [1.29, 1.82) is 0 Å². The van der Waals surface area contributed by atoms with E-state index in [1.54, 1.807) is 36.4 Å². The largest absolute Gasteiger partial charge is 0.426 e. The fraction of sp³-hybridized carbons (Fsp3) is 0.167. The van der Waals surface area contributed by atoms with Gasteiger partial charge in [-0.15, -0.1) is 0 Å². The lowest BCUT2D eigenvalue weighted by molar-refractivity contribution is -0.140. The lowest BCUT2D eigenvalue weighted by atomic mass is 9.95. The second-order valence-electron chi connectivity index (χ2n) is 8.86. The summed E-state index contributed by atoms with van der Waals surface area (Å²) in [5.74, 6) is -0.351. The number of benzene rings is 4. The van der Waals surface area contributed by atoms with E-state index >= 15 is 0 Å². The number of nitrogens with zero attached hydrogens (tertiary/aromatic N) is 1. The zero-order valence-corrected chi connectivity index (χ0v) is 19.7. The first kappa shape index (κ1) is 23.3. The highest BCUT2D eigenvalue weighted by Gasteiger charge is 2.29. The molecule has 4 aromatic carbocycles. The van der Waals surface area contributed by atoms with E-state index in [1.165, 1.54) is 0 Å². The molecular formula is C30H26N2O4. The van der Waals surface area contributed by atoms with Crippen molar-refractivity contribution in [3.8, 4) is 5.75 Å². The van der Waals surface area contributed by atoms with Crippen LogP contribution in [-0.4, -0.2) is 35.8 Å². The van der Waals surface area contributed by atoms with Gasteiger partial charge in [-0.3, -0.25) is 14.4 Å². The van der Waals surface area contributed by atoms with Crippen LogP contribution in [0.5, 0.6) is 5.75 Å². The fourth-order valence-corrected chi connectivity index (χ4v) is 4.50. The van der Waals surface area contributed by atoms with Gasteiger partial charge in [-0.1, -0.05) is 54.6 Å². The van der Waals surface area contributed by atoms with Crippen LogP contribution in [0.25, 0.3) is 10.8 Å². The molecule has 0 unspecified atom stereocenters. The minimum atomic E-state index is -0.298. The molecule has 6 nitrogen and oxygen atoms in total. The normalized spacial score (nSPS) is 13.8. The minimum Gasteiger partial charge on any atom is -0.426 e. The predicted octanol–water partition coefficient (Wildman–Crippen LogP) is 5.55. The number of amides is 2. The summed E-state index contributed by atoms with van der Waals surface area (Å²) in [5, 5.41) is 4.80. The van der Waals surface area contributed by atoms with Gasteiger partial charge < -0.3 is 15.0 Å². The van der Waals surface area contributed by atoms with Crippen molar-refractivity contribution in [1.82, 2.24) is 4.90 Å². The molecule has 1 saturated heterocycles. The standard InChI is InChI=1S/C30H26N2O4/c33-28(22-8-2-1-3-9-22)31-24-13-15-25(16-14-24)36-30(35)23-17-19-32(20-18-23)29(34)27-12-6-10-21-7-4-5-11-26(21)27/h1-16,23H,17-20H2,(H,31,33). The van der Waals surface area contributed by atoms with Crippen LogP contribution in [0.3, 0.4) is 0 Å². The van der Waals surface area contributed by atoms with Crippen LogP contribution >= 0.6 is 0 Å². The van der Waals surface area contributed by atoms with Crippen molar-refractivity contribution in [2.24, 2.45) is 5.92 Å². The number of esters is 1. The molecule has 1 N–H and O–H groups in total. The van der Waals surface area contributed by atoms with Gasteiger partial charge in [0.1, 0.15) is 5.75 Å². The molecule has 0 aliphatic carbocycles. The Morgan fingerprint density at radius 3 is 2.17 bits per heavy atom. The number of hydrogen-bond acceptors (Lipinski definition) is 4. The van der Waals surface area contributed by atoms with Crippen LogP contribution in [0.4, 0.5) is 5.69 Å². The van der Waals surface area contributed by atoms with Gasteiger partial charge in [-0.05, 0) is 66.1 Å². The first-order chi connectivity index (χ1) is 17.6. The molecule has 0 bridgehead atoms. The van der Waals surface area contributed by atoms with Crippen molar-refractivity contribution in [3.63, 3.8) is 0 Å². The second kappa shape index (κ2) is 10.4. The summed E-state index contributed by atoms with van der Waals surface area (Å²) in [6.07, 6.45) is 1.11. The summed E-state index contributed by atoms with van der Waals surface area (Å²) in [5.41, 5.74) is 1.87. The Morgan fingerprint density at radius 1 is 0.750 bits per heavy atom. The van der Waals surface area contributed by atoms with Gasteiger partial charge in [-0.2, -0.15) is 0 Å². The minimum absolute atomic E-state index is 0.00763. The number of ether oxygens (including phenoxy) is 1. The molecule has 1 fully saturated rings. The molecule has 0 saturated carbocycles. The maximum absolute atomic E-state index is 13.2. The zero-order valence-electron chi connectivity index (χ0n) is 19.7. The monoisotopic (exact) mass is 478 g/mol. The Balaban J connectivity index is 1.15. The van der Waals surface area contributed by atoms with Crippen LogP contribution in [0.1, 0.15) is 33.6 Å². The van der Waals surface area contributed by atoms with E-state index in [1.807, 2.05) is 65.6 Å². The van der Waals surface area contributed by atoms with E-state index in [9.17, 15) is 14.4 Å². The van der Waals surface area contributed by atoms with E-state index in [4.69, 9.17) is 4.74 Å². The van der Waals surface area contributed by atoms with Gasteiger partial charge in [0.25, 0.3) is 11.8 Å². The van der Waals surface area contributed by atoms with Gasteiger partial charge in [0.05, 0.1) is 5.92 Å². The summed E-state index contributed by atoms with van der Waals surface area (Å²) in [6.45, 7) is 1.01. The second-order valence-corrected chi connectivity index (χ2v) is 8.86. The topological polar surface area (TPSA) is 75.7 Å². The number of rotatable bonds is 5. The number of piperidine rings is 1. The predicted molar refractivity (Wildman–Crippen MR) is 139 cm³/mol. The average molecular weight is 479 g/mol. The SMILES string of the molecule is O=C(Nc1ccc(OC(=O)C2CCN(C(=O)c3cccc4ccccc34)CC2)cc1)c1ccccc1. The van der Waals surface area contributed by atoms with Crippen molar-refractivity contribution in [2.45, 2.75) is 12.8 Å². The van der Waals surface area contributed by atoms with Crippen LogP contribution in [0, 0.1) is 5.92 Å². The lowest BCUT2D eigenvalue weighted by Crippen LogP contribution is -2.41. The van der Waals surface area contributed by atoms with E-state index < -0.39 is 0 Å². The molecule has 1 aliphatic heterocycles. The van der Waals surface area contributed by atoms with Crippen molar-refractivity contribution in [3.05, 3.63) is 108 Å². The first-order valence-corrected chi connectivity index (χ1v) is 12.0. The number of carbonyl (C=O) groups excluding carboxylic acids is 3. The molecule has 180 valence electrons. The average Bonchev–Trinajstić information content (AvgIpc) is 2.94. The van der Waals surface area contributed by atoms with Crippen molar-refractivity contribution in [2.75, 3.05) is 18.4 Å². The molecule has 0 spiro atoms. The molecule has 1 heterocycles. The van der Waals surface area contributed by atoms with Gasteiger partial charge in [-0.25, -0.2) is 0 Å². The fourth-order valence-electron chi connectivity index (χ4n) is 4.50. The quantitative estimate of drug-likeness (QED) is 0.301. The van der Waals surface area contributed by atoms with Crippen molar-refractivity contribution < 1.29 is 19.1 Å². The van der Waals surface area contributed by atoms with Crippen LogP contribution in [0.2, 0.25) is 0 Å². The molecule has 1 aliphatic rings. The Labute approximate surface area is 209 Å². The van der Waals surface area contributed by atoms with Crippen LogP contribution in [0.15, 0.2) is 97.1 Å². The maximum atomic E-state index is 13.2. The molecule has 36 heavy (non-hydrogen) atoms. The van der Waals surface area contributed by atoms with Gasteiger partial charge in [0.15, 0.2) is 0 Å². The van der Waals surface area contributed by atoms with E-state index in [-0.39, 0.29) is 23.7 Å². The number of likely N-dealkylation sites (tertiary alicyclic amines) is 1. The van der Waals surface area contributed by atoms with Gasteiger partial charge >= 0.3 is 5.97 Å². The van der Waals surface area contributed by atoms with Crippen LogP contribution in [-0.2, 0) is 4.79 Å². The van der Waals surface area contributed by atoms with E-state index in [0.717, 1.165) is 10.8 Å². The smallest absolute Gasteiger partial charge is 0.314 e. The van der Waals surface area contributed by atoms with E-state index in [0.29, 0.717) is 48.5 Å². The first-order valence-electron chi connectivity index (χ1n) is 12.0. The third-order valence-corrected chi connectivity index (χ3v) is 6.50. The van der Waals surface area contributed by atoms with E-state index in [2.05, 4.69) is 5.32 Å². The number of carbonyl (C=O) groups is 3. The summed E-state index contributed by atoms with van der Waals surface area (Å²) in [7, 11) is 0. The molecular weight excluding hydrogens is 452 g/mol. The molecule has 0 radical (unpaired) electrons. The number of nitrogens with one attached hydrogen (secondary N) is 1. The molecule has 5 rings (SSSR count). The van der Waals surface area contributed by atoms with Gasteiger partial charge in [0.2, 0.25) is 0 Å². The molecule has 6 heteroatoms. The summed E-state index contributed by atoms with van der Waals surface area (Å²) >= 11 is 0. The third-order valence-electron chi connectivity index (χ3n) is 6.50. The Bertz CT molecular complexity index is 1390. The van der Waals surface area contributed by atoms with Crippen LogP contribution < -0.4 is 10.1 Å². The summed E-state index contributed by atoms with van der Waals surface area (Å²) in [4.78, 5) is 40.0. The Hall–Kier alpha value is -4.45. The number of fused-ring (bicyclic) bond motifs is 1. The summed E-state index contributed by atoms with van der Waals surface area (Å²) < 4.78 is 5.58. The lowest BCUT2D eigenvalue weighted by Gasteiger charge is -2.31. The highest BCUT2D eigenvalue weighted by molar-refractivity contribution is 6.07. The van der Waals surface area contributed by atoms with Crippen molar-refractivity contribution >= 4 is 34.2 Å². The molecule has 0 atom stereocenters. The maximum Gasteiger partial charge on any atom is 0.314 e. The highest BCUT2D eigenvalue weighted by Crippen LogP contribution is 2.25. The zero-order chi connectivity index (χ0) is 24.9. The Morgan fingerprint density at radius 2 is 1.42 bits per heavy atom. The molecule has 2 amide bonds. The number of anilines is 1. The molecule has 4 aromatic rings.